The van der Waals surface area contributed by atoms with Crippen LogP contribution in [0.3, 0.4) is 0 Å². The summed E-state index contributed by atoms with van der Waals surface area (Å²) in [7, 11) is 0. The van der Waals surface area contributed by atoms with Crippen LogP contribution in [0.4, 0.5) is 0 Å². The number of aromatic carboxylic acids is 1. The van der Waals surface area contributed by atoms with E-state index in [0.717, 1.165) is 77.7 Å². The topological polar surface area (TPSA) is 108 Å². The molecule has 2 saturated heterocycles. The van der Waals surface area contributed by atoms with E-state index in [1.807, 2.05) is 43.3 Å². The summed E-state index contributed by atoms with van der Waals surface area (Å²) in [6.07, 6.45) is 2.44. The Morgan fingerprint density at radius 1 is 1.11 bits per heavy atom. The standard InChI is InChI=1S/C33H32N4O5S2/c1-21-34-27-8-7-25(20-28(27)35-21)26-18-23(4-9-29(26)42-17-14-36-12-15-41-16-13-36)19-30-31(38)37(33(43)44-30)11-10-22-2-5-24(6-3-22)32(39)40/h2-9,18-20H,10-17H2,1H3,(H,34,35)(H,39,40)/b30-19-. The zero-order chi connectivity index (χ0) is 30.6. The number of benzene rings is 3. The maximum absolute atomic E-state index is 13.4. The van der Waals surface area contributed by atoms with Gasteiger partial charge in [0.15, 0.2) is 0 Å². The molecule has 6 rings (SSSR count). The Balaban J connectivity index is 1.21. The van der Waals surface area contributed by atoms with Crippen LogP contribution in [0.15, 0.2) is 65.6 Å². The number of thioether (sulfide) groups is 1. The molecule has 1 aromatic heterocycles. The second-order valence-corrected chi connectivity index (χ2v) is 12.4. The second-order valence-electron chi connectivity index (χ2n) is 10.7. The lowest BCUT2D eigenvalue weighted by molar-refractivity contribution is -0.122. The van der Waals surface area contributed by atoms with Gasteiger partial charge in [-0.05, 0) is 72.5 Å². The van der Waals surface area contributed by atoms with Gasteiger partial charge in [0.1, 0.15) is 22.5 Å². The number of morpholine rings is 1. The Bertz CT molecular complexity index is 1740. The van der Waals surface area contributed by atoms with Gasteiger partial charge in [-0.1, -0.05) is 48.2 Å². The van der Waals surface area contributed by atoms with Gasteiger partial charge in [0, 0.05) is 31.7 Å². The van der Waals surface area contributed by atoms with Crippen LogP contribution in [-0.2, 0) is 16.0 Å². The van der Waals surface area contributed by atoms with Crippen molar-refractivity contribution in [3.8, 4) is 16.9 Å². The summed E-state index contributed by atoms with van der Waals surface area (Å²) < 4.78 is 12.3. The third kappa shape index (κ3) is 6.86. The second kappa shape index (κ2) is 13.3. The van der Waals surface area contributed by atoms with E-state index < -0.39 is 5.97 Å². The Morgan fingerprint density at radius 3 is 2.68 bits per heavy atom. The van der Waals surface area contributed by atoms with Crippen molar-refractivity contribution in [2.75, 3.05) is 46.0 Å². The van der Waals surface area contributed by atoms with Crippen molar-refractivity contribution in [2.24, 2.45) is 0 Å². The van der Waals surface area contributed by atoms with E-state index in [1.54, 1.807) is 29.2 Å². The molecule has 9 nitrogen and oxygen atoms in total. The number of H-pyrrole nitrogens is 1. The number of hydrogen-bond acceptors (Lipinski definition) is 8. The Hall–Kier alpha value is -4.03. The Kier molecular flexibility index (Phi) is 9.08. The molecule has 0 saturated carbocycles. The minimum atomic E-state index is -0.966. The van der Waals surface area contributed by atoms with Crippen LogP contribution in [0.2, 0.25) is 0 Å². The average molecular weight is 629 g/mol. The molecule has 0 unspecified atom stereocenters. The van der Waals surface area contributed by atoms with Crippen LogP contribution >= 0.6 is 24.0 Å². The monoisotopic (exact) mass is 628 g/mol. The molecule has 11 heteroatoms. The molecule has 0 spiro atoms. The number of carbonyl (C=O) groups excluding carboxylic acids is 1. The smallest absolute Gasteiger partial charge is 0.335 e. The first-order valence-corrected chi connectivity index (χ1v) is 15.7. The summed E-state index contributed by atoms with van der Waals surface area (Å²) in [4.78, 5) is 36.9. The van der Waals surface area contributed by atoms with E-state index in [0.29, 0.717) is 28.8 Å². The summed E-state index contributed by atoms with van der Waals surface area (Å²) in [5.74, 6) is 0.523. The molecule has 226 valence electrons. The molecule has 2 N–H and O–H groups in total. The highest BCUT2D eigenvalue weighted by atomic mass is 32.2. The summed E-state index contributed by atoms with van der Waals surface area (Å²) >= 11 is 6.85. The lowest BCUT2D eigenvalue weighted by Crippen LogP contribution is -2.38. The minimum absolute atomic E-state index is 0.135. The number of nitrogens with one attached hydrogen (secondary N) is 1. The highest BCUT2D eigenvalue weighted by Gasteiger charge is 2.31. The Morgan fingerprint density at radius 2 is 1.91 bits per heavy atom. The van der Waals surface area contributed by atoms with E-state index in [1.165, 1.54) is 11.8 Å². The number of aromatic amines is 1. The molecule has 0 aliphatic carbocycles. The molecular formula is C33H32N4O5S2. The lowest BCUT2D eigenvalue weighted by atomic mass is 10.0. The third-order valence-corrected chi connectivity index (χ3v) is 9.06. The normalized spacial score (nSPS) is 16.8. The molecule has 3 aromatic carbocycles. The van der Waals surface area contributed by atoms with Crippen LogP contribution in [0.1, 0.15) is 27.3 Å². The van der Waals surface area contributed by atoms with Gasteiger partial charge in [-0.3, -0.25) is 14.6 Å². The molecule has 2 aliphatic rings. The van der Waals surface area contributed by atoms with Gasteiger partial charge >= 0.3 is 5.97 Å². The van der Waals surface area contributed by atoms with E-state index in [9.17, 15) is 9.59 Å². The van der Waals surface area contributed by atoms with Gasteiger partial charge in [0.25, 0.3) is 5.91 Å². The maximum atomic E-state index is 13.4. The van der Waals surface area contributed by atoms with Crippen molar-refractivity contribution in [1.29, 1.82) is 0 Å². The van der Waals surface area contributed by atoms with E-state index >= 15 is 0 Å². The number of fused-ring (bicyclic) bond motifs is 1. The predicted octanol–water partition coefficient (Wildman–Crippen LogP) is 5.39. The first kappa shape index (κ1) is 30.0. The predicted molar refractivity (Wildman–Crippen MR) is 176 cm³/mol. The summed E-state index contributed by atoms with van der Waals surface area (Å²) in [5, 5.41) is 9.13. The van der Waals surface area contributed by atoms with Gasteiger partial charge in [-0.15, -0.1) is 0 Å². The number of ether oxygens (including phenoxy) is 2. The number of carboxylic acid groups (broad SMARTS) is 1. The summed E-state index contributed by atoms with van der Waals surface area (Å²) in [5.41, 5.74) is 5.79. The van der Waals surface area contributed by atoms with Gasteiger partial charge in [-0.2, -0.15) is 0 Å². The van der Waals surface area contributed by atoms with Gasteiger partial charge in [0.05, 0.1) is 34.7 Å². The zero-order valence-corrected chi connectivity index (χ0v) is 25.9. The molecule has 2 aliphatic heterocycles. The third-order valence-electron chi connectivity index (χ3n) is 7.68. The van der Waals surface area contributed by atoms with Crippen LogP contribution in [0.5, 0.6) is 5.75 Å². The van der Waals surface area contributed by atoms with Crippen molar-refractivity contribution in [3.63, 3.8) is 0 Å². The number of imidazole rings is 1. The van der Waals surface area contributed by atoms with Gasteiger partial charge in [0.2, 0.25) is 0 Å². The fourth-order valence-electron chi connectivity index (χ4n) is 5.30. The zero-order valence-electron chi connectivity index (χ0n) is 24.2. The van der Waals surface area contributed by atoms with E-state index in [2.05, 4.69) is 20.9 Å². The lowest BCUT2D eigenvalue weighted by Gasteiger charge is -2.26. The van der Waals surface area contributed by atoms with Crippen LogP contribution in [0.25, 0.3) is 28.2 Å². The van der Waals surface area contributed by atoms with E-state index in [4.69, 9.17) is 26.8 Å². The number of aromatic nitrogens is 2. The summed E-state index contributed by atoms with van der Waals surface area (Å²) in [6.45, 7) is 7.02. The fraction of sp³-hybridized carbons (Fsp3) is 0.273. The number of aryl methyl sites for hydroxylation is 1. The first-order chi connectivity index (χ1) is 21.3. The maximum Gasteiger partial charge on any atom is 0.335 e. The molecular weight excluding hydrogens is 597 g/mol. The fourth-order valence-corrected chi connectivity index (χ4v) is 6.61. The van der Waals surface area contributed by atoms with Gasteiger partial charge in [-0.25, -0.2) is 9.78 Å². The molecule has 2 fully saturated rings. The molecule has 3 heterocycles. The highest BCUT2D eigenvalue weighted by Crippen LogP contribution is 2.36. The number of amides is 1. The number of nitrogens with zero attached hydrogens (tertiary/aromatic N) is 3. The van der Waals surface area contributed by atoms with Crippen molar-refractivity contribution in [3.05, 3.63) is 88.1 Å². The quantitative estimate of drug-likeness (QED) is 0.177. The molecule has 44 heavy (non-hydrogen) atoms. The first-order valence-electron chi connectivity index (χ1n) is 14.5. The number of carboxylic acids is 1. The average Bonchev–Trinajstić information content (AvgIpc) is 3.53. The van der Waals surface area contributed by atoms with Crippen LogP contribution in [-0.4, -0.2) is 87.1 Å². The highest BCUT2D eigenvalue weighted by molar-refractivity contribution is 8.26. The summed E-state index contributed by atoms with van der Waals surface area (Å²) in [6, 6.07) is 18.8. The van der Waals surface area contributed by atoms with Crippen LogP contribution in [0, 0.1) is 6.92 Å². The minimum Gasteiger partial charge on any atom is -0.492 e. The molecule has 0 radical (unpaired) electrons. The van der Waals surface area contributed by atoms with Crippen molar-refractivity contribution in [2.45, 2.75) is 13.3 Å². The molecule has 4 aromatic rings. The number of hydrogen-bond donors (Lipinski definition) is 2. The van der Waals surface area contributed by atoms with E-state index in [-0.39, 0.29) is 11.5 Å². The number of thiocarbonyl (C=S) groups is 1. The Labute approximate surface area is 264 Å². The molecule has 0 atom stereocenters. The van der Waals surface area contributed by atoms with Crippen molar-refractivity contribution in [1.82, 2.24) is 19.8 Å². The molecule has 0 bridgehead atoms. The van der Waals surface area contributed by atoms with Crippen LogP contribution < -0.4 is 4.74 Å². The largest absolute Gasteiger partial charge is 0.492 e. The SMILES string of the molecule is Cc1nc2ccc(-c3cc(/C=C4\SC(=S)N(CCc5ccc(C(=O)O)cc5)C4=O)ccc3OCCN3CCOCC3)cc2[nH]1. The number of carbonyl (C=O) groups is 2. The molecule has 1 amide bonds. The number of rotatable bonds is 10. The van der Waals surface area contributed by atoms with Crippen molar-refractivity contribution < 1.29 is 24.2 Å². The van der Waals surface area contributed by atoms with Crippen molar-refractivity contribution >= 4 is 57.3 Å². The van der Waals surface area contributed by atoms with Gasteiger partial charge < -0.3 is 19.6 Å².